The lowest BCUT2D eigenvalue weighted by Crippen LogP contribution is -2.00. The second-order valence-corrected chi connectivity index (χ2v) is 3.91. The molecule has 2 aromatic rings. The molecule has 0 aliphatic rings. The zero-order valence-corrected chi connectivity index (χ0v) is 10.5. The Morgan fingerprint density at radius 2 is 2.00 bits per heavy atom. The highest BCUT2D eigenvalue weighted by Gasteiger charge is 2.09. The van der Waals surface area contributed by atoms with Crippen molar-refractivity contribution in [2.75, 3.05) is 12.4 Å². The van der Waals surface area contributed by atoms with Crippen LogP contribution in [0.25, 0.3) is 0 Å². The van der Waals surface area contributed by atoms with Gasteiger partial charge in [-0.15, -0.1) is 0 Å². The highest BCUT2D eigenvalue weighted by atomic mass is 19.1. The third-order valence-electron chi connectivity index (χ3n) is 2.62. The van der Waals surface area contributed by atoms with Crippen molar-refractivity contribution in [1.29, 1.82) is 0 Å². The molecule has 0 atom stereocenters. The average Bonchev–Trinajstić information content (AvgIpc) is 2.35. The van der Waals surface area contributed by atoms with Crippen LogP contribution in [0, 0.1) is 19.7 Å². The van der Waals surface area contributed by atoms with Crippen LogP contribution in [0.5, 0.6) is 11.6 Å². The lowest BCUT2D eigenvalue weighted by atomic mass is 10.2. The minimum atomic E-state index is -0.282. The minimum absolute atomic E-state index is 0.282. The van der Waals surface area contributed by atoms with E-state index in [1.165, 1.54) is 18.5 Å². The van der Waals surface area contributed by atoms with Crippen LogP contribution in [-0.4, -0.2) is 17.0 Å². The first-order valence-corrected chi connectivity index (χ1v) is 5.55. The van der Waals surface area contributed by atoms with Crippen LogP contribution in [0.4, 0.5) is 10.2 Å². The molecule has 4 nitrogen and oxygen atoms in total. The number of hydrogen-bond acceptors (Lipinski definition) is 4. The zero-order valence-electron chi connectivity index (χ0n) is 10.5. The molecule has 5 heteroatoms. The van der Waals surface area contributed by atoms with Gasteiger partial charge in [-0.2, -0.15) is 0 Å². The fourth-order valence-corrected chi connectivity index (χ4v) is 1.62. The Labute approximate surface area is 105 Å². The van der Waals surface area contributed by atoms with Crippen molar-refractivity contribution >= 4 is 5.82 Å². The summed E-state index contributed by atoms with van der Waals surface area (Å²) in [7, 11) is 1.78. The molecule has 0 spiro atoms. The lowest BCUT2D eigenvalue weighted by Gasteiger charge is -2.11. The molecule has 0 saturated carbocycles. The fraction of sp³-hybridized carbons (Fsp3) is 0.231. The van der Waals surface area contributed by atoms with Gasteiger partial charge in [-0.3, -0.25) is 0 Å². The minimum Gasteiger partial charge on any atom is -0.438 e. The zero-order chi connectivity index (χ0) is 13.1. The molecule has 1 aromatic carbocycles. The Hall–Kier alpha value is -2.17. The average molecular weight is 247 g/mol. The summed E-state index contributed by atoms with van der Waals surface area (Å²) >= 11 is 0. The molecule has 2 rings (SSSR count). The molecule has 18 heavy (non-hydrogen) atoms. The van der Waals surface area contributed by atoms with Gasteiger partial charge in [-0.05, 0) is 37.6 Å². The molecule has 0 saturated heterocycles. The van der Waals surface area contributed by atoms with Gasteiger partial charge in [0.25, 0.3) is 0 Å². The van der Waals surface area contributed by atoms with Crippen LogP contribution in [0.15, 0.2) is 24.5 Å². The summed E-state index contributed by atoms with van der Waals surface area (Å²) in [6.45, 7) is 3.65. The number of nitrogens with one attached hydrogen (secondary N) is 1. The van der Waals surface area contributed by atoms with E-state index in [2.05, 4.69) is 15.3 Å². The van der Waals surface area contributed by atoms with Gasteiger partial charge < -0.3 is 10.1 Å². The van der Waals surface area contributed by atoms with Crippen LogP contribution >= 0.6 is 0 Å². The lowest BCUT2D eigenvalue weighted by molar-refractivity contribution is 0.452. The fourth-order valence-electron chi connectivity index (χ4n) is 1.62. The van der Waals surface area contributed by atoms with Gasteiger partial charge in [-0.25, -0.2) is 14.4 Å². The highest BCUT2D eigenvalue weighted by Crippen LogP contribution is 2.28. The number of benzene rings is 1. The van der Waals surface area contributed by atoms with Crippen LogP contribution in [0.2, 0.25) is 0 Å². The maximum atomic E-state index is 13.0. The molecular weight excluding hydrogens is 233 g/mol. The second-order valence-electron chi connectivity index (χ2n) is 3.91. The molecule has 0 bridgehead atoms. The van der Waals surface area contributed by atoms with Gasteiger partial charge in [0.1, 0.15) is 23.7 Å². The number of aryl methyl sites for hydroxylation is 1. The number of hydrogen-bond donors (Lipinski definition) is 1. The molecule has 1 aromatic heterocycles. The maximum Gasteiger partial charge on any atom is 0.227 e. The molecule has 0 fully saturated rings. The van der Waals surface area contributed by atoms with E-state index in [9.17, 15) is 4.39 Å². The van der Waals surface area contributed by atoms with Crippen LogP contribution < -0.4 is 10.1 Å². The number of anilines is 1. The van der Waals surface area contributed by atoms with Crippen molar-refractivity contribution in [1.82, 2.24) is 9.97 Å². The number of nitrogens with zero attached hydrogens (tertiary/aromatic N) is 2. The quantitative estimate of drug-likeness (QED) is 0.905. The largest absolute Gasteiger partial charge is 0.438 e. The van der Waals surface area contributed by atoms with Crippen molar-refractivity contribution in [2.45, 2.75) is 13.8 Å². The number of aromatic nitrogens is 2. The molecule has 0 radical (unpaired) electrons. The van der Waals surface area contributed by atoms with Gasteiger partial charge in [0, 0.05) is 7.05 Å². The Kier molecular flexibility index (Phi) is 3.41. The topological polar surface area (TPSA) is 47.0 Å². The number of rotatable bonds is 3. The molecular formula is C13H14FN3O. The third-order valence-corrected chi connectivity index (χ3v) is 2.62. The SMILES string of the molecule is CNc1ncnc(Oc2ccc(F)cc2C)c1C. The standard InChI is InChI=1S/C13H14FN3O/c1-8-6-10(14)4-5-11(8)18-13-9(2)12(15-3)16-7-17-13/h4-7H,1-3H3,(H,15,16,17). The first kappa shape index (κ1) is 12.3. The smallest absolute Gasteiger partial charge is 0.227 e. The Balaban J connectivity index is 2.34. The van der Waals surface area contributed by atoms with Gasteiger partial charge >= 0.3 is 0 Å². The van der Waals surface area contributed by atoms with Crippen molar-refractivity contribution in [3.05, 3.63) is 41.5 Å². The van der Waals surface area contributed by atoms with Crippen molar-refractivity contribution in [3.8, 4) is 11.6 Å². The summed E-state index contributed by atoms with van der Waals surface area (Å²) in [5.41, 5.74) is 1.53. The number of ether oxygens (including phenoxy) is 1. The van der Waals surface area contributed by atoms with E-state index in [-0.39, 0.29) is 5.82 Å². The van der Waals surface area contributed by atoms with Crippen molar-refractivity contribution < 1.29 is 9.13 Å². The molecule has 94 valence electrons. The summed E-state index contributed by atoms with van der Waals surface area (Å²) in [5.74, 6) is 1.47. The van der Waals surface area contributed by atoms with Gasteiger partial charge in [-0.1, -0.05) is 0 Å². The van der Waals surface area contributed by atoms with E-state index >= 15 is 0 Å². The maximum absolute atomic E-state index is 13.0. The normalized spacial score (nSPS) is 10.2. The van der Waals surface area contributed by atoms with E-state index in [4.69, 9.17) is 4.74 Å². The van der Waals surface area contributed by atoms with Crippen LogP contribution in [-0.2, 0) is 0 Å². The van der Waals surface area contributed by atoms with Crippen LogP contribution in [0.1, 0.15) is 11.1 Å². The van der Waals surface area contributed by atoms with Crippen LogP contribution in [0.3, 0.4) is 0 Å². The second kappa shape index (κ2) is 5.00. The first-order valence-electron chi connectivity index (χ1n) is 5.55. The number of halogens is 1. The Bertz CT molecular complexity index is 572. The van der Waals surface area contributed by atoms with Crippen molar-refractivity contribution in [3.63, 3.8) is 0 Å². The van der Waals surface area contributed by atoms with Crippen molar-refractivity contribution in [2.24, 2.45) is 0 Å². The first-order chi connectivity index (χ1) is 8.61. The summed E-state index contributed by atoms with van der Waals surface area (Å²) < 4.78 is 18.7. The summed E-state index contributed by atoms with van der Waals surface area (Å²) in [6.07, 6.45) is 1.42. The molecule has 1 heterocycles. The molecule has 1 N–H and O–H groups in total. The summed E-state index contributed by atoms with van der Waals surface area (Å²) in [5, 5.41) is 2.95. The van der Waals surface area contributed by atoms with E-state index in [1.54, 1.807) is 20.0 Å². The molecule has 0 aliphatic carbocycles. The van der Waals surface area contributed by atoms with E-state index in [0.29, 0.717) is 17.4 Å². The monoisotopic (exact) mass is 247 g/mol. The predicted molar refractivity (Wildman–Crippen MR) is 67.5 cm³/mol. The predicted octanol–water partition coefficient (Wildman–Crippen LogP) is 3.07. The van der Waals surface area contributed by atoms with E-state index in [0.717, 1.165) is 11.1 Å². The van der Waals surface area contributed by atoms with Gasteiger partial charge in [0.15, 0.2) is 0 Å². The van der Waals surface area contributed by atoms with Gasteiger partial charge in [0.05, 0.1) is 5.56 Å². The highest BCUT2D eigenvalue weighted by molar-refractivity contribution is 5.48. The third kappa shape index (κ3) is 2.40. The Morgan fingerprint density at radius 3 is 2.67 bits per heavy atom. The molecule has 0 amide bonds. The summed E-state index contributed by atoms with van der Waals surface area (Å²) in [6, 6.07) is 4.37. The Morgan fingerprint density at radius 1 is 1.22 bits per heavy atom. The molecule has 0 aliphatic heterocycles. The summed E-state index contributed by atoms with van der Waals surface area (Å²) in [4.78, 5) is 8.15. The van der Waals surface area contributed by atoms with E-state index in [1.807, 2.05) is 6.92 Å². The van der Waals surface area contributed by atoms with Gasteiger partial charge in [0.2, 0.25) is 5.88 Å². The van der Waals surface area contributed by atoms with E-state index < -0.39 is 0 Å². The molecule has 0 unspecified atom stereocenters.